The molecule has 7 nitrogen and oxygen atoms in total. The van der Waals surface area contributed by atoms with E-state index < -0.39 is 29.6 Å². The molecule has 36 heavy (non-hydrogen) atoms. The second-order valence-corrected chi connectivity index (χ2v) is 11.5. The Morgan fingerprint density at radius 3 is 2.83 bits per heavy atom. The van der Waals surface area contributed by atoms with Gasteiger partial charge in [0.25, 0.3) is 0 Å². The maximum atomic E-state index is 13.8. The van der Waals surface area contributed by atoms with Gasteiger partial charge >= 0.3 is 0 Å². The maximum Gasteiger partial charge on any atom is 0.246 e. The number of amides is 3. The maximum absolute atomic E-state index is 13.8. The molecule has 8 heteroatoms. The molecule has 0 aromatic heterocycles. The molecular formula is C28H35N3O4S. The van der Waals surface area contributed by atoms with Gasteiger partial charge in [-0.15, -0.1) is 18.3 Å². The number of thioether (sulfide) groups is 1. The third kappa shape index (κ3) is 3.98. The number of hydrogen-bond donors (Lipinski definition) is 2. The van der Waals surface area contributed by atoms with Gasteiger partial charge in [0.05, 0.1) is 17.9 Å². The summed E-state index contributed by atoms with van der Waals surface area (Å²) >= 11 is 1.59. The molecule has 1 aromatic rings. The largest absolute Gasteiger partial charge is 0.359 e. The normalized spacial score (nSPS) is 36.6. The summed E-state index contributed by atoms with van der Waals surface area (Å²) in [5.41, 5.74) is -0.475. The SMILES string of the molecule is C=CCN1C(=O)[C@@H]2[C@H](C(=O)Nc3cccc(SC)c3)[C@@H]3C=C[C@@]2(O3)[C@@H]1C(=O)N[C@@H]1CCC[C@H](C)[C@H]1C. The van der Waals surface area contributed by atoms with E-state index in [1.807, 2.05) is 42.7 Å². The Labute approximate surface area is 217 Å². The quantitative estimate of drug-likeness (QED) is 0.433. The topological polar surface area (TPSA) is 87.7 Å². The number of benzene rings is 1. The highest BCUT2D eigenvalue weighted by molar-refractivity contribution is 7.98. The number of anilines is 1. The first-order valence-corrected chi connectivity index (χ1v) is 14.1. The van der Waals surface area contributed by atoms with Crippen LogP contribution >= 0.6 is 11.8 Å². The van der Waals surface area contributed by atoms with Crippen molar-refractivity contribution in [1.82, 2.24) is 10.2 Å². The van der Waals surface area contributed by atoms with Crippen LogP contribution in [0.2, 0.25) is 0 Å². The Hall–Kier alpha value is -2.58. The highest BCUT2D eigenvalue weighted by Crippen LogP contribution is 2.55. The van der Waals surface area contributed by atoms with Gasteiger partial charge < -0.3 is 20.3 Å². The van der Waals surface area contributed by atoms with E-state index in [0.29, 0.717) is 17.5 Å². The number of carbonyl (C=O) groups excluding carboxylic acids is 3. The number of nitrogens with one attached hydrogen (secondary N) is 2. The van der Waals surface area contributed by atoms with Crippen LogP contribution in [0.4, 0.5) is 5.69 Å². The highest BCUT2D eigenvalue weighted by atomic mass is 32.2. The minimum Gasteiger partial charge on any atom is -0.359 e. The number of hydrogen-bond acceptors (Lipinski definition) is 5. The molecule has 2 saturated heterocycles. The molecule has 3 amide bonds. The van der Waals surface area contributed by atoms with Crippen LogP contribution in [-0.2, 0) is 19.1 Å². The molecular weight excluding hydrogens is 474 g/mol. The van der Waals surface area contributed by atoms with Gasteiger partial charge in [0.2, 0.25) is 17.7 Å². The van der Waals surface area contributed by atoms with Gasteiger partial charge in [-0.3, -0.25) is 14.4 Å². The summed E-state index contributed by atoms with van der Waals surface area (Å²) in [6.45, 7) is 8.43. The first-order chi connectivity index (χ1) is 17.3. The summed E-state index contributed by atoms with van der Waals surface area (Å²) in [6, 6.07) is 6.83. The Morgan fingerprint density at radius 1 is 1.28 bits per heavy atom. The molecule has 192 valence electrons. The summed E-state index contributed by atoms with van der Waals surface area (Å²) in [7, 11) is 0. The summed E-state index contributed by atoms with van der Waals surface area (Å²) < 4.78 is 6.38. The molecule has 2 bridgehead atoms. The fraction of sp³-hybridized carbons (Fsp3) is 0.536. The second kappa shape index (κ2) is 9.71. The third-order valence-electron chi connectivity index (χ3n) is 8.62. The van der Waals surface area contributed by atoms with Gasteiger partial charge in [0, 0.05) is 23.2 Å². The zero-order chi connectivity index (χ0) is 25.6. The van der Waals surface area contributed by atoms with E-state index in [-0.39, 0.29) is 30.3 Å². The van der Waals surface area contributed by atoms with Crippen LogP contribution in [0.3, 0.4) is 0 Å². The number of carbonyl (C=O) groups is 3. The van der Waals surface area contributed by atoms with E-state index in [1.165, 1.54) is 0 Å². The predicted molar refractivity (Wildman–Crippen MR) is 140 cm³/mol. The lowest BCUT2D eigenvalue weighted by atomic mass is 9.73. The van der Waals surface area contributed by atoms with E-state index >= 15 is 0 Å². The lowest BCUT2D eigenvalue weighted by Gasteiger charge is -2.37. The van der Waals surface area contributed by atoms with Crippen LogP contribution in [0.5, 0.6) is 0 Å². The lowest BCUT2D eigenvalue weighted by Crippen LogP contribution is -2.57. The van der Waals surface area contributed by atoms with Crippen molar-refractivity contribution in [3.05, 3.63) is 49.1 Å². The van der Waals surface area contributed by atoms with Crippen LogP contribution in [0.1, 0.15) is 33.1 Å². The van der Waals surface area contributed by atoms with E-state index in [1.54, 1.807) is 22.7 Å². The molecule has 3 heterocycles. The third-order valence-corrected chi connectivity index (χ3v) is 9.35. The predicted octanol–water partition coefficient (Wildman–Crippen LogP) is 3.62. The molecule has 1 spiro atoms. The zero-order valence-corrected chi connectivity index (χ0v) is 21.9. The van der Waals surface area contributed by atoms with Gasteiger partial charge in [-0.1, -0.05) is 51.0 Å². The number of fused-ring (bicyclic) bond motifs is 1. The first kappa shape index (κ1) is 25.1. The van der Waals surface area contributed by atoms with E-state index in [9.17, 15) is 14.4 Å². The van der Waals surface area contributed by atoms with E-state index in [0.717, 1.165) is 24.2 Å². The van der Waals surface area contributed by atoms with Crippen LogP contribution in [0.25, 0.3) is 0 Å². The van der Waals surface area contributed by atoms with Crippen molar-refractivity contribution >= 4 is 35.2 Å². The molecule has 8 atom stereocenters. The van der Waals surface area contributed by atoms with Crippen LogP contribution in [0.15, 0.2) is 54.0 Å². The molecule has 5 rings (SSSR count). The molecule has 3 fully saturated rings. The van der Waals surface area contributed by atoms with Crippen molar-refractivity contribution in [1.29, 1.82) is 0 Å². The lowest BCUT2D eigenvalue weighted by molar-refractivity contribution is -0.141. The first-order valence-electron chi connectivity index (χ1n) is 12.8. The number of rotatable bonds is 7. The van der Waals surface area contributed by atoms with Crippen LogP contribution < -0.4 is 10.6 Å². The second-order valence-electron chi connectivity index (χ2n) is 10.6. The molecule has 1 saturated carbocycles. The van der Waals surface area contributed by atoms with Gasteiger partial charge in [0.1, 0.15) is 11.6 Å². The Balaban J connectivity index is 1.42. The highest BCUT2D eigenvalue weighted by Gasteiger charge is 2.72. The Bertz CT molecular complexity index is 1110. The van der Waals surface area contributed by atoms with Crippen molar-refractivity contribution in [3.63, 3.8) is 0 Å². The molecule has 0 radical (unpaired) electrons. The van der Waals surface area contributed by atoms with Gasteiger partial charge in [-0.2, -0.15) is 0 Å². The summed E-state index contributed by atoms with van der Waals surface area (Å²) in [5, 5.41) is 6.24. The minimum atomic E-state index is -1.15. The zero-order valence-electron chi connectivity index (χ0n) is 21.1. The molecule has 3 aliphatic heterocycles. The molecule has 1 aliphatic carbocycles. The average Bonchev–Trinajstić information content (AvgIpc) is 3.50. The van der Waals surface area contributed by atoms with E-state index in [2.05, 4.69) is 31.1 Å². The molecule has 0 unspecified atom stereocenters. The Morgan fingerprint density at radius 2 is 2.08 bits per heavy atom. The summed E-state index contributed by atoms with van der Waals surface area (Å²) in [6.07, 6.45) is 9.91. The van der Waals surface area contributed by atoms with Gasteiger partial charge in [-0.05, 0) is 42.7 Å². The monoisotopic (exact) mass is 509 g/mol. The average molecular weight is 510 g/mol. The fourth-order valence-electron chi connectivity index (χ4n) is 6.58. The summed E-state index contributed by atoms with van der Waals surface area (Å²) in [4.78, 5) is 43.6. The van der Waals surface area contributed by atoms with Crippen molar-refractivity contribution in [3.8, 4) is 0 Å². The Kier molecular flexibility index (Phi) is 6.76. The molecule has 4 aliphatic rings. The standard InChI is InChI=1S/C28H35N3O4S/c1-5-14-31-24(26(33)30-20-11-6-8-16(2)17(20)3)28-13-12-21(35-28)22(23(28)27(31)34)25(32)29-18-9-7-10-19(15-18)36-4/h5,7,9-10,12-13,15-17,20-24H,1,6,8,11,14H2,2-4H3,(H,29,32)(H,30,33)/t16-,17+,20+,21-,22+,23-,24-,28-/m0/s1. The number of likely N-dealkylation sites (tertiary alicyclic amines) is 1. The van der Waals surface area contributed by atoms with Gasteiger partial charge in [-0.25, -0.2) is 0 Å². The smallest absolute Gasteiger partial charge is 0.246 e. The van der Waals surface area contributed by atoms with Crippen LogP contribution in [-0.4, -0.2) is 59.2 Å². The molecule has 1 aromatic carbocycles. The van der Waals surface area contributed by atoms with E-state index in [4.69, 9.17) is 4.74 Å². The summed E-state index contributed by atoms with van der Waals surface area (Å²) in [5.74, 6) is -1.29. The number of ether oxygens (including phenoxy) is 1. The van der Waals surface area contributed by atoms with Gasteiger partial charge in [0.15, 0.2) is 0 Å². The fourth-order valence-corrected chi connectivity index (χ4v) is 7.04. The molecule has 2 N–H and O–H groups in total. The van der Waals surface area contributed by atoms with Crippen molar-refractivity contribution < 1.29 is 19.1 Å². The van der Waals surface area contributed by atoms with Crippen molar-refractivity contribution in [2.45, 2.75) is 61.8 Å². The van der Waals surface area contributed by atoms with Crippen molar-refractivity contribution in [2.75, 3.05) is 18.1 Å². The van der Waals surface area contributed by atoms with Crippen molar-refractivity contribution in [2.24, 2.45) is 23.7 Å². The number of nitrogens with zero attached hydrogens (tertiary/aromatic N) is 1. The minimum absolute atomic E-state index is 0.0581. The van der Waals surface area contributed by atoms with Crippen LogP contribution in [0, 0.1) is 23.7 Å².